The number of nitrogens with one attached hydrogen (secondary N) is 1. The van der Waals surface area contributed by atoms with Gasteiger partial charge in [-0.2, -0.15) is 0 Å². The van der Waals surface area contributed by atoms with Crippen molar-refractivity contribution in [2.45, 2.75) is 13.0 Å². The summed E-state index contributed by atoms with van der Waals surface area (Å²) in [4.78, 5) is 3.77. The Morgan fingerprint density at radius 3 is 2.67 bits per heavy atom. The fourth-order valence-electron chi connectivity index (χ4n) is 1.21. The van der Waals surface area contributed by atoms with Crippen LogP contribution in [0.2, 0.25) is 0 Å². The number of sulfone groups is 1. The second-order valence-corrected chi connectivity index (χ2v) is 5.68. The van der Waals surface area contributed by atoms with Crippen molar-refractivity contribution in [3.8, 4) is 0 Å². The lowest BCUT2D eigenvalue weighted by Gasteiger charge is -2.12. The zero-order valence-electron chi connectivity index (χ0n) is 8.57. The average molecular weight is 232 g/mol. The first-order valence-corrected chi connectivity index (χ1v) is 6.49. The molecule has 1 unspecified atom stereocenters. The smallest absolute Gasteiger partial charge is 0.149 e. The van der Waals surface area contributed by atoms with Crippen LogP contribution < -0.4 is 5.32 Å². The molecule has 0 spiro atoms. The van der Waals surface area contributed by atoms with E-state index in [-0.39, 0.29) is 11.8 Å². The van der Waals surface area contributed by atoms with E-state index in [1.807, 2.05) is 0 Å². The molecule has 0 radical (unpaired) electrons. The Balaban J connectivity index is 2.59. The SMILES string of the molecule is CC(CS(C)(=O)=O)Nc1ccc(F)cn1. The minimum Gasteiger partial charge on any atom is -0.367 e. The summed E-state index contributed by atoms with van der Waals surface area (Å²) in [5, 5.41) is 2.87. The molecule has 0 aliphatic heterocycles. The Kier molecular flexibility index (Phi) is 3.62. The zero-order valence-corrected chi connectivity index (χ0v) is 9.38. The number of hydrogen-bond acceptors (Lipinski definition) is 4. The Bertz CT molecular complexity index is 416. The molecule has 1 N–H and O–H groups in total. The molecule has 84 valence electrons. The minimum absolute atomic E-state index is 0.0199. The first-order valence-electron chi connectivity index (χ1n) is 4.42. The summed E-state index contributed by atoms with van der Waals surface area (Å²) in [6.07, 6.45) is 2.25. The number of aromatic nitrogens is 1. The van der Waals surface area contributed by atoms with Crippen LogP contribution in [0.4, 0.5) is 10.2 Å². The van der Waals surface area contributed by atoms with Gasteiger partial charge in [-0.1, -0.05) is 0 Å². The van der Waals surface area contributed by atoms with Crippen LogP contribution in [0.25, 0.3) is 0 Å². The zero-order chi connectivity index (χ0) is 11.5. The van der Waals surface area contributed by atoms with Gasteiger partial charge in [-0.25, -0.2) is 17.8 Å². The van der Waals surface area contributed by atoms with Gasteiger partial charge >= 0.3 is 0 Å². The molecular formula is C9H13FN2O2S. The van der Waals surface area contributed by atoms with Crippen LogP contribution in [0.5, 0.6) is 0 Å². The Hall–Kier alpha value is -1.17. The van der Waals surface area contributed by atoms with Crippen molar-refractivity contribution in [1.29, 1.82) is 0 Å². The summed E-state index contributed by atoms with van der Waals surface area (Å²) < 4.78 is 34.4. The molecule has 1 aromatic heterocycles. The maximum Gasteiger partial charge on any atom is 0.149 e. The van der Waals surface area contributed by atoms with Gasteiger partial charge in [0.2, 0.25) is 0 Å². The van der Waals surface area contributed by atoms with Crippen LogP contribution >= 0.6 is 0 Å². The molecule has 1 rings (SSSR count). The highest BCUT2D eigenvalue weighted by molar-refractivity contribution is 7.90. The van der Waals surface area contributed by atoms with Gasteiger partial charge in [0, 0.05) is 12.3 Å². The highest BCUT2D eigenvalue weighted by atomic mass is 32.2. The molecule has 0 saturated heterocycles. The lowest BCUT2D eigenvalue weighted by Crippen LogP contribution is -2.25. The van der Waals surface area contributed by atoms with E-state index in [9.17, 15) is 12.8 Å². The highest BCUT2D eigenvalue weighted by Crippen LogP contribution is 2.06. The van der Waals surface area contributed by atoms with E-state index in [1.54, 1.807) is 6.92 Å². The van der Waals surface area contributed by atoms with E-state index < -0.39 is 15.7 Å². The Morgan fingerprint density at radius 2 is 2.20 bits per heavy atom. The fourth-order valence-corrected chi connectivity index (χ4v) is 2.20. The number of nitrogens with zero attached hydrogens (tertiary/aromatic N) is 1. The van der Waals surface area contributed by atoms with E-state index in [0.29, 0.717) is 5.82 Å². The summed E-state index contributed by atoms with van der Waals surface area (Å²) >= 11 is 0. The van der Waals surface area contributed by atoms with Gasteiger partial charge in [-0.3, -0.25) is 0 Å². The van der Waals surface area contributed by atoms with Crippen LogP contribution in [0.15, 0.2) is 18.3 Å². The van der Waals surface area contributed by atoms with E-state index in [0.717, 1.165) is 6.20 Å². The number of hydrogen-bond donors (Lipinski definition) is 1. The maximum atomic E-state index is 12.5. The van der Waals surface area contributed by atoms with Crippen molar-refractivity contribution in [1.82, 2.24) is 4.98 Å². The molecule has 0 amide bonds. The first-order chi connectivity index (χ1) is 6.87. The number of anilines is 1. The molecule has 0 bridgehead atoms. The lowest BCUT2D eigenvalue weighted by atomic mass is 10.3. The second kappa shape index (κ2) is 4.57. The van der Waals surface area contributed by atoms with E-state index in [4.69, 9.17) is 0 Å². The standard InChI is InChI=1S/C9H13FN2O2S/c1-7(6-15(2,13)14)12-9-4-3-8(10)5-11-9/h3-5,7H,6H2,1-2H3,(H,11,12). The Morgan fingerprint density at radius 1 is 1.53 bits per heavy atom. The van der Waals surface area contributed by atoms with Crippen molar-refractivity contribution < 1.29 is 12.8 Å². The number of halogens is 1. The van der Waals surface area contributed by atoms with Crippen molar-refractivity contribution in [2.24, 2.45) is 0 Å². The molecule has 15 heavy (non-hydrogen) atoms. The summed E-state index contributed by atoms with van der Waals surface area (Å²) in [5.41, 5.74) is 0. The first kappa shape index (κ1) is 11.9. The fraction of sp³-hybridized carbons (Fsp3) is 0.444. The molecule has 1 aromatic rings. The largest absolute Gasteiger partial charge is 0.367 e. The molecule has 0 aromatic carbocycles. The van der Waals surface area contributed by atoms with Crippen LogP contribution in [-0.4, -0.2) is 31.5 Å². The van der Waals surface area contributed by atoms with E-state index in [2.05, 4.69) is 10.3 Å². The molecule has 0 aliphatic carbocycles. The van der Waals surface area contributed by atoms with Crippen molar-refractivity contribution in [2.75, 3.05) is 17.3 Å². The number of pyridine rings is 1. The van der Waals surface area contributed by atoms with Gasteiger partial charge in [-0.15, -0.1) is 0 Å². The molecule has 0 saturated carbocycles. The molecule has 0 fully saturated rings. The normalized spacial score (nSPS) is 13.5. The molecule has 1 atom stereocenters. The summed E-state index contributed by atoms with van der Waals surface area (Å²) in [6, 6.07) is 2.48. The summed E-state index contributed by atoms with van der Waals surface area (Å²) in [6.45, 7) is 1.73. The number of rotatable bonds is 4. The molecule has 6 heteroatoms. The quantitative estimate of drug-likeness (QED) is 0.843. The van der Waals surface area contributed by atoms with E-state index >= 15 is 0 Å². The van der Waals surface area contributed by atoms with Crippen LogP contribution in [0.1, 0.15) is 6.92 Å². The van der Waals surface area contributed by atoms with Crippen molar-refractivity contribution in [3.63, 3.8) is 0 Å². The van der Waals surface area contributed by atoms with Gasteiger partial charge in [0.15, 0.2) is 0 Å². The van der Waals surface area contributed by atoms with Crippen LogP contribution in [0.3, 0.4) is 0 Å². The van der Waals surface area contributed by atoms with Gasteiger partial charge in [0.1, 0.15) is 21.5 Å². The molecule has 0 aliphatic rings. The summed E-state index contributed by atoms with van der Waals surface area (Å²) in [5.74, 6) is 0.0651. The predicted octanol–water partition coefficient (Wildman–Crippen LogP) is 1.07. The van der Waals surface area contributed by atoms with Crippen LogP contribution in [0, 0.1) is 5.82 Å². The van der Waals surface area contributed by atoms with Gasteiger partial charge in [0.05, 0.1) is 11.9 Å². The van der Waals surface area contributed by atoms with Crippen molar-refractivity contribution >= 4 is 15.7 Å². The average Bonchev–Trinajstić information content (AvgIpc) is 2.05. The van der Waals surface area contributed by atoms with Crippen molar-refractivity contribution in [3.05, 3.63) is 24.1 Å². The lowest BCUT2D eigenvalue weighted by molar-refractivity contribution is 0.597. The monoisotopic (exact) mass is 232 g/mol. The predicted molar refractivity (Wildman–Crippen MR) is 57.0 cm³/mol. The van der Waals surface area contributed by atoms with Crippen LogP contribution in [-0.2, 0) is 9.84 Å². The topological polar surface area (TPSA) is 59.1 Å². The Labute approximate surface area is 88.5 Å². The molecule has 1 heterocycles. The summed E-state index contributed by atoms with van der Waals surface area (Å²) in [7, 11) is -3.02. The maximum absolute atomic E-state index is 12.5. The minimum atomic E-state index is -3.02. The highest BCUT2D eigenvalue weighted by Gasteiger charge is 2.10. The molecular weight excluding hydrogens is 219 g/mol. The van der Waals surface area contributed by atoms with Gasteiger partial charge in [-0.05, 0) is 19.1 Å². The molecule has 4 nitrogen and oxygen atoms in total. The van der Waals surface area contributed by atoms with Gasteiger partial charge < -0.3 is 5.32 Å². The third-order valence-electron chi connectivity index (χ3n) is 1.67. The third kappa shape index (κ3) is 4.73. The third-order valence-corrected chi connectivity index (χ3v) is 2.78. The second-order valence-electron chi connectivity index (χ2n) is 3.50. The van der Waals surface area contributed by atoms with E-state index in [1.165, 1.54) is 18.4 Å². The van der Waals surface area contributed by atoms with Gasteiger partial charge in [0.25, 0.3) is 0 Å².